The second-order valence-electron chi connectivity index (χ2n) is 4.09. The molecular formula is C11H5ClN4O5. The zero-order valence-corrected chi connectivity index (χ0v) is 10.8. The van der Waals surface area contributed by atoms with Gasteiger partial charge < -0.3 is 10.1 Å². The molecule has 0 saturated carbocycles. The Bertz CT molecular complexity index is 794. The molecular weight excluding hydrogens is 304 g/mol. The lowest BCUT2D eigenvalue weighted by Crippen LogP contribution is -2.07. The first-order valence-corrected chi connectivity index (χ1v) is 5.91. The van der Waals surface area contributed by atoms with Crippen molar-refractivity contribution in [3.63, 3.8) is 0 Å². The number of aromatic nitrogens is 1. The number of nitro benzene ring substituents is 2. The fourth-order valence-corrected chi connectivity index (χ4v) is 2.04. The smallest absolute Gasteiger partial charge is 0.303 e. The molecule has 0 saturated heterocycles. The van der Waals surface area contributed by atoms with E-state index in [0.717, 1.165) is 12.1 Å². The lowest BCUT2D eigenvalue weighted by Gasteiger charge is -2.20. The van der Waals surface area contributed by atoms with Gasteiger partial charge in [-0.25, -0.2) is 4.98 Å². The molecule has 0 unspecified atom stereocenters. The van der Waals surface area contributed by atoms with Crippen LogP contribution in [0, 0.1) is 20.2 Å². The Balaban J connectivity index is 2.18. The number of non-ortho nitro benzene ring substituents is 1. The van der Waals surface area contributed by atoms with E-state index in [4.69, 9.17) is 16.3 Å². The predicted octanol–water partition coefficient (Wildman–Crippen LogP) is 3.40. The summed E-state index contributed by atoms with van der Waals surface area (Å²) < 4.78 is 5.37. The molecule has 0 aliphatic carbocycles. The second-order valence-corrected chi connectivity index (χ2v) is 4.52. The predicted molar refractivity (Wildman–Crippen MR) is 72.4 cm³/mol. The van der Waals surface area contributed by atoms with Crippen LogP contribution in [0.15, 0.2) is 24.4 Å². The van der Waals surface area contributed by atoms with E-state index in [-0.39, 0.29) is 17.3 Å². The van der Waals surface area contributed by atoms with E-state index in [2.05, 4.69) is 10.3 Å². The van der Waals surface area contributed by atoms with Crippen LogP contribution in [0.4, 0.5) is 22.7 Å². The fourth-order valence-electron chi connectivity index (χ4n) is 1.88. The minimum atomic E-state index is -0.735. The average Bonchev–Trinajstić information content (AvgIpc) is 2.43. The third kappa shape index (κ3) is 2.19. The monoisotopic (exact) mass is 308 g/mol. The van der Waals surface area contributed by atoms with Gasteiger partial charge in [-0.3, -0.25) is 20.2 Å². The molecule has 1 aromatic carbocycles. The van der Waals surface area contributed by atoms with Crippen molar-refractivity contribution in [1.82, 2.24) is 4.98 Å². The fraction of sp³-hybridized carbons (Fsp3) is 0. The van der Waals surface area contributed by atoms with Crippen LogP contribution in [0.3, 0.4) is 0 Å². The van der Waals surface area contributed by atoms with E-state index in [1.54, 1.807) is 0 Å². The number of fused-ring (bicyclic) bond motifs is 2. The van der Waals surface area contributed by atoms with Gasteiger partial charge in [0.15, 0.2) is 11.4 Å². The number of rotatable bonds is 2. The van der Waals surface area contributed by atoms with Gasteiger partial charge in [0.1, 0.15) is 5.69 Å². The van der Waals surface area contributed by atoms with E-state index < -0.39 is 21.2 Å². The van der Waals surface area contributed by atoms with Crippen LogP contribution in [0.2, 0.25) is 5.02 Å². The number of ether oxygens (including phenoxy) is 1. The molecule has 1 N–H and O–H groups in total. The van der Waals surface area contributed by atoms with E-state index in [9.17, 15) is 20.2 Å². The van der Waals surface area contributed by atoms with Crippen molar-refractivity contribution >= 4 is 34.4 Å². The maximum absolute atomic E-state index is 11.1. The molecule has 0 fully saturated rings. The Hall–Kier alpha value is -2.94. The zero-order chi connectivity index (χ0) is 15.1. The Morgan fingerprint density at radius 3 is 2.62 bits per heavy atom. The van der Waals surface area contributed by atoms with Crippen LogP contribution >= 0.6 is 11.6 Å². The highest BCUT2D eigenvalue weighted by atomic mass is 35.5. The van der Waals surface area contributed by atoms with Crippen LogP contribution in [-0.4, -0.2) is 14.8 Å². The van der Waals surface area contributed by atoms with Gasteiger partial charge in [-0.15, -0.1) is 0 Å². The van der Waals surface area contributed by atoms with Crippen LogP contribution in [-0.2, 0) is 0 Å². The first-order chi connectivity index (χ1) is 9.95. The Morgan fingerprint density at radius 1 is 1.19 bits per heavy atom. The van der Waals surface area contributed by atoms with Gasteiger partial charge in [0.2, 0.25) is 5.88 Å². The summed E-state index contributed by atoms with van der Waals surface area (Å²) in [6, 6.07) is 3.44. The minimum absolute atomic E-state index is 0.0159. The number of nitro groups is 2. The number of nitrogens with zero attached hydrogens (tertiary/aromatic N) is 3. The zero-order valence-electron chi connectivity index (χ0n) is 10.1. The van der Waals surface area contributed by atoms with E-state index in [1.165, 1.54) is 12.3 Å². The maximum atomic E-state index is 11.1. The highest BCUT2D eigenvalue weighted by molar-refractivity contribution is 6.30. The summed E-state index contributed by atoms with van der Waals surface area (Å²) in [6.07, 6.45) is 1.33. The molecule has 0 bridgehead atoms. The number of hydrogen-bond donors (Lipinski definition) is 1. The van der Waals surface area contributed by atoms with Gasteiger partial charge in [0.05, 0.1) is 27.0 Å². The molecule has 1 aromatic heterocycles. The standard InChI is InChI=1S/C11H5ClN4O5/c12-5-1-7-11(13-4-5)21-9-3-6(15(17)18)2-8(16(19)20)10(9)14-7/h1-4,14H. The molecule has 1 aliphatic heterocycles. The number of benzene rings is 1. The summed E-state index contributed by atoms with van der Waals surface area (Å²) in [5.41, 5.74) is -0.557. The molecule has 21 heavy (non-hydrogen) atoms. The number of nitrogens with one attached hydrogen (secondary N) is 1. The van der Waals surface area contributed by atoms with Crippen molar-refractivity contribution in [1.29, 1.82) is 0 Å². The normalized spacial score (nSPS) is 11.7. The molecule has 9 nitrogen and oxygen atoms in total. The first-order valence-electron chi connectivity index (χ1n) is 5.53. The molecule has 1 aliphatic rings. The molecule has 3 rings (SSSR count). The van der Waals surface area contributed by atoms with Crippen molar-refractivity contribution < 1.29 is 14.6 Å². The molecule has 0 amide bonds. The largest absolute Gasteiger partial charge is 0.434 e. The van der Waals surface area contributed by atoms with Gasteiger partial charge in [-0.1, -0.05) is 11.6 Å². The summed E-state index contributed by atoms with van der Waals surface area (Å²) in [5, 5.41) is 25.0. The van der Waals surface area contributed by atoms with Crippen molar-refractivity contribution in [3.8, 4) is 11.6 Å². The topological polar surface area (TPSA) is 120 Å². The second kappa shape index (κ2) is 4.56. The molecule has 2 aromatic rings. The molecule has 0 radical (unpaired) electrons. The van der Waals surface area contributed by atoms with Gasteiger partial charge in [0.25, 0.3) is 5.69 Å². The molecule has 2 heterocycles. The summed E-state index contributed by atoms with van der Waals surface area (Å²) >= 11 is 5.79. The Morgan fingerprint density at radius 2 is 1.95 bits per heavy atom. The Kier molecular flexibility index (Phi) is 2.84. The first kappa shape index (κ1) is 13.1. The molecule has 10 heteroatoms. The summed E-state index contributed by atoms with van der Waals surface area (Å²) in [6.45, 7) is 0. The van der Waals surface area contributed by atoms with Crippen LogP contribution in [0.25, 0.3) is 0 Å². The molecule has 0 spiro atoms. The van der Waals surface area contributed by atoms with Gasteiger partial charge in [-0.2, -0.15) is 0 Å². The van der Waals surface area contributed by atoms with Gasteiger partial charge in [0, 0.05) is 6.20 Å². The number of halogens is 1. The van der Waals surface area contributed by atoms with Crippen molar-refractivity contribution in [3.05, 3.63) is 49.6 Å². The third-order valence-electron chi connectivity index (χ3n) is 2.76. The Labute approximate surface area is 121 Å². The van der Waals surface area contributed by atoms with Crippen LogP contribution in [0.5, 0.6) is 11.6 Å². The van der Waals surface area contributed by atoms with Crippen LogP contribution in [0.1, 0.15) is 0 Å². The van der Waals surface area contributed by atoms with Crippen molar-refractivity contribution in [2.45, 2.75) is 0 Å². The minimum Gasteiger partial charge on any atom is -0.434 e. The maximum Gasteiger partial charge on any atom is 0.303 e. The van der Waals surface area contributed by atoms with E-state index in [0.29, 0.717) is 10.7 Å². The third-order valence-corrected chi connectivity index (χ3v) is 2.96. The average molecular weight is 309 g/mol. The lowest BCUT2D eigenvalue weighted by molar-refractivity contribution is -0.393. The number of pyridine rings is 1. The highest BCUT2D eigenvalue weighted by Gasteiger charge is 2.30. The summed E-state index contributed by atoms with van der Waals surface area (Å²) in [7, 11) is 0. The van der Waals surface area contributed by atoms with Crippen LogP contribution < -0.4 is 10.1 Å². The molecule has 106 valence electrons. The van der Waals surface area contributed by atoms with Gasteiger partial charge >= 0.3 is 5.69 Å². The number of anilines is 2. The van der Waals surface area contributed by atoms with Gasteiger partial charge in [-0.05, 0) is 6.07 Å². The summed E-state index contributed by atoms with van der Waals surface area (Å²) in [5.74, 6) is 0.0833. The van der Waals surface area contributed by atoms with Crippen molar-refractivity contribution in [2.24, 2.45) is 0 Å². The summed E-state index contributed by atoms with van der Waals surface area (Å²) in [4.78, 5) is 24.3. The van der Waals surface area contributed by atoms with E-state index in [1.807, 2.05) is 0 Å². The lowest BCUT2D eigenvalue weighted by atomic mass is 10.2. The molecule has 0 atom stereocenters. The number of hydrogen-bond acceptors (Lipinski definition) is 7. The SMILES string of the molecule is O=[N+]([O-])c1cc2c(c([N+](=O)[O-])c1)Nc1cc(Cl)cnc1O2. The van der Waals surface area contributed by atoms with Crippen molar-refractivity contribution in [2.75, 3.05) is 5.32 Å². The van der Waals surface area contributed by atoms with E-state index >= 15 is 0 Å². The highest BCUT2D eigenvalue weighted by Crippen LogP contribution is 2.47. The quantitative estimate of drug-likeness (QED) is 0.568.